The number of pyridine rings is 1. The number of aliphatic imine (C=N–C) groups is 2. The third kappa shape index (κ3) is 4.13. The number of rotatable bonds is 5. The fourth-order valence-electron chi connectivity index (χ4n) is 2.88. The predicted molar refractivity (Wildman–Crippen MR) is 114 cm³/mol. The third-order valence-electron chi connectivity index (χ3n) is 4.24. The van der Waals surface area contributed by atoms with Gasteiger partial charge in [0.15, 0.2) is 11.6 Å². The summed E-state index contributed by atoms with van der Waals surface area (Å²) in [6, 6.07) is 9.30. The van der Waals surface area contributed by atoms with Crippen LogP contribution in [0.25, 0.3) is 0 Å². The topological polar surface area (TPSA) is 123 Å². The number of hydrogen-bond donors (Lipinski definition) is 3. The number of hydrogen-bond acceptors (Lipinski definition) is 8. The van der Waals surface area contributed by atoms with Crippen molar-refractivity contribution in [1.29, 1.82) is 0 Å². The second kappa shape index (κ2) is 7.93. The zero-order chi connectivity index (χ0) is 20.2. The first-order chi connectivity index (χ1) is 14.1. The lowest BCUT2D eigenvalue weighted by Gasteiger charge is -2.20. The zero-order valence-electron chi connectivity index (χ0n) is 16.0. The van der Waals surface area contributed by atoms with Gasteiger partial charge >= 0.3 is 0 Å². The number of ether oxygens (including phenoxy) is 1. The highest BCUT2D eigenvalue weighted by Crippen LogP contribution is 2.31. The van der Waals surface area contributed by atoms with Crippen LogP contribution in [0.1, 0.15) is 18.2 Å². The summed E-state index contributed by atoms with van der Waals surface area (Å²) in [5, 5.41) is 6.62. The maximum Gasteiger partial charge on any atom is 0.158 e. The van der Waals surface area contributed by atoms with Crippen LogP contribution < -0.4 is 21.1 Å². The Morgan fingerprint density at radius 2 is 2.10 bits per heavy atom. The van der Waals surface area contributed by atoms with Gasteiger partial charge in [0.2, 0.25) is 0 Å². The minimum Gasteiger partial charge on any atom is -0.457 e. The Morgan fingerprint density at radius 1 is 1.21 bits per heavy atom. The SMILES string of the molecule is Cc1cc(Nc2ncnc3c2NC(C)N=C3)ccc1Oc1ccnc(N=CN)c1. The first kappa shape index (κ1) is 18.4. The largest absolute Gasteiger partial charge is 0.457 e. The van der Waals surface area contributed by atoms with Crippen LogP contribution in [0, 0.1) is 6.92 Å². The quantitative estimate of drug-likeness (QED) is 0.451. The van der Waals surface area contributed by atoms with E-state index in [9.17, 15) is 0 Å². The van der Waals surface area contributed by atoms with Crippen LogP contribution >= 0.6 is 0 Å². The average molecular weight is 388 g/mol. The zero-order valence-corrected chi connectivity index (χ0v) is 16.0. The summed E-state index contributed by atoms with van der Waals surface area (Å²) in [5.41, 5.74) is 8.75. The standard InChI is InChI=1S/C20H20N8O/c1-12-7-14(28-20-19-16(25-11-26-20)9-23-13(2)27-19)3-4-17(12)29-15-5-6-22-18(8-15)24-10-21/h3-11,13,27H,1-2H3,(H2,21,22,24)(H,25,26,28). The van der Waals surface area contributed by atoms with Gasteiger partial charge in [0.05, 0.1) is 12.6 Å². The molecule has 3 aromatic rings. The molecule has 4 N–H and O–H groups in total. The Balaban J connectivity index is 1.54. The molecule has 3 heterocycles. The van der Waals surface area contributed by atoms with Crippen LogP contribution in [0.5, 0.6) is 11.5 Å². The first-order valence-corrected chi connectivity index (χ1v) is 9.03. The molecule has 0 saturated carbocycles. The van der Waals surface area contributed by atoms with Gasteiger partial charge in [0.1, 0.15) is 35.4 Å². The van der Waals surface area contributed by atoms with Gasteiger partial charge in [-0.05, 0) is 43.7 Å². The van der Waals surface area contributed by atoms with E-state index in [4.69, 9.17) is 10.5 Å². The molecule has 1 atom stereocenters. The monoisotopic (exact) mass is 388 g/mol. The van der Waals surface area contributed by atoms with Crippen LogP contribution in [0.3, 0.4) is 0 Å². The molecule has 1 aromatic carbocycles. The lowest BCUT2D eigenvalue weighted by atomic mass is 10.2. The number of nitrogens with one attached hydrogen (secondary N) is 2. The van der Waals surface area contributed by atoms with Gasteiger partial charge in [-0.1, -0.05) is 0 Å². The molecule has 0 spiro atoms. The second-order valence-electron chi connectivity index (χ2n) is 6.42. The second-order valence-corrected chi connectivity index (χ2v) is 6.42. The van der Waals surface area contributed by atoms with E-state index in [1.54, 1.807) is 24.5 Å². The fraction of sp³-hybridized carbons (Fsp3) is 0.150. The summed E-state index contributed by atoms with van der Waals surface area (Å²) in [6.07, 6.45) is 6.06. The van der Waals surface area contributed by atoms with Crippen LogP contribution in [0.15, 0.2) is 52.8 Å². The molecule has 0 radical (unpaired) electrons. The predicted octanol–water partition coefficient (Wildman–Crippen LogP) is 3.52. The minimum atomic E-state index is -0.0274. The van der Waals surface area contributed by atoms with Crippen molar-refractivity contribution in [3.8, 4) is 11.5 Å². The molecule has 1 aliphatic heterocycles. The number of fused-ring (bicyclic) bond motifs is 1. The van der Waals surface area contributed by atoms with Gasteiger partial charge in [0, 0.05) is 18.0 Å². The molecule has 0 bridgehead atoms. The Labute approximate surface area is 167 Å². The number of nitrogens with zero attached hydrogens (tertiary/aromatic N) is 5. The van der Waals surface area contributed by atoms with Gasteiger partial charge in [-0.25, -0.2) is 19.9 Å². The molecule has 4 rings (SSSR count). The van der Waals surface area contributed by atoms with Crippen molar-refractivity contribution in [2.75, 3.05) is 10.6 Å². The van der Waals surface area contributed by atoms with Crippen LogP contribution in [0.2, 0.25) is 0 Å². The molecule has 146 valence electrons. The van der Waals surface area contributed by atoms with Crippen molar-refractivity contribution < 1.29 is 4.74 Å². The van der Waals surface area contributed by atoms with Gasteiger partial charge in [-0.3, -0.25) is 4.99 Å². The van der Waals surface area contributed by atoms with Crippen molar-refractivity contribution >= 4 is 35.6 Å². The van der Waals surface area contributed by atoms with Crippen molar-refractivity contribution in [3.63, 3.8) is 0 Å². The summed E-state index contributed by atoms with van der Waals surface area (Å²) in [4.78, 5) is 21.0. The van der Waals surface area contributed by atoms with Gasteiger partial charge < -0.3 is 21.1 Å². The maximum absolute atomic E-state index is 5.97. The maximum atomic E-state index is 5.97. The Bertz CT molecular complexity index is 1100. The lowest BCUT2D eigenvalue weighted by molar-refractivity contribution is 0.478. The molecule has 0 fully saturated rings. The molecule has 1 unspecified atom stereocenters. The molecular formula is C20H20N8O. The Kier molecular flexibility index (Phi) is 5.02. The average Bonchev–Trinajstić information content (AvgIpc) is 2.71. The Morgan fingerprint density at radius 3 is 2.93 bits per heavy atom. The van der Waals surface area contributed by atoms with E-state index >= 15 is 0 Å². The lowest BCUT2D eigenvalue weighted by Crippen LogP contribution is -2.20. The molecule has 2 aromatic heterocycles. The summed E-state index contributed by atoms with van der Waals surface area (Å²) < 4.78 is 5.97. The molecule has 9 heteroatoms. The smallest absolute Gasteiger partial charge is 0.158 e. The molecule has 1 aliphatic rings. The van der Waals surface area contributed by atoms with Crippen molar-refractivity contribution in [2.24, 2.45) is 15.7 Å². The summed E-state index contributed by atoms with van der Waals surface area (Å²) >= 11 is 0. The van der Waals surface area contributed by atoms with E-state index in [1.807, 2.05) is 32.0 Å². The van der Waals surface area contributed by atoms with E-state index in [0.717, 1.165) is 28.4 Å². The normalized spacial score (nSPS) is 15.0. The molecule has 0 saturated heterocycles. The third-order valence-corrected chi connectivity index (χ3v) is 4.24. The minimum absolute atomic E-state index is 0.0274. The van der Waals surface area contributed by atoms with E-state index in [-0.39, 0.29) is 6.17 Å². The van der Waals surface area contributed by atoms with Crippen LogP contribution in [-0.4, -0.2) is 33.7 Å². The number of nitrogens with two attached hydrogens (primary N) is 1. The number of anilines is 3. The van der Waals surface area contributed by atoms with E-state index < -0.39 is 0 Å². The molecule has 29 heavy (non-hydrogen) atoms. The molecule has 0 amide bonds. The number of benzene rings is 1. The van der Waals surface area contributed by atoms with Crippen molar-refractivity contribution in [2.45, 2.75) is 20.0 Å². The van der Waals surface area contributed by atoms with E-state index in [0.29, 0.717) is 17.4 Å². The molecule has 9 nitrogen and oxygen atoms in total. The highest BCUT2D eigenvalue weighted by Gasteiger charge is 2.16. The van der Waals surface area contributed by atoms with Crippen LogP contribution in [-0.2, 0) is 0 Å². The molecular weight excluding hydrogens is 368 g/mol. The highest BCUT2D eigenvalue weighted by molar-refractivity contribution is 5.92. The van der Waals surface area contributed by atoms with E-state index in [1.165, 1.54) is 12.7 Å². The summed E-state index contributed by atoms with van der Waals surface area (Å²) in [5.74, 6) is 2.54. The van der Waals surface area contributed by atoms with E-state index in [2.05, 4.69) is 35.6 Å². The van der Waals surface area contributed by atoms with Gasteiger partial charge in [-0.2, -0.15) is 0 Å². The Hall–Kier alpha value is -4.01. The van der Waals surface area contributed by atoms with Crippen LogP contribution in [0.4, 0.5) is 23.0 Å². The highest BCUT2D eigenvalue weighted by atomic mass is 16.5. The first-order valence-electron chi connectivity index (χ1n) is 9.03. The van der Waals surface area contributed by atoms with Crippen molar-refractivity contribution in [1.82, 2.24) is 15.0 Å². The number of aromatic nitrogens is 3. The number of aryl methyl sites for hydroxylation is 1. The summed E-state index contributed by atoms with van der Waals surface area (Å²) in [6.45, 7) is 3.94. The van der Waals surface area contributed by atoms with Gasteiger partial charge in [-0.15, -0.1) is 0 Å². The molecule has 0 aliphatic carbocycles. The van der Waals surface area contributed by atoms with Gasteiger partial charge in [0.25, 0.3) is 0 Å². The summed E-state index contributed by atoms with van der Waals surface area (Å²) in [7, 11) is 0. The van der Waals surface area contributed by atoms with Crippen molar-refractivity contribution in [3.05, 3.63) is 54.1 Å². The fourth-order valence-corrected chi connectivity index (χ4v) is 2.88.